The summed E-state index contributed by atoms with van der Waals surface area (Å²) in [6.07, 6.45) is 0.866. The molecule has 3 aromatic carbocycles. The first kappa shape index (κ1) is 29.4. The number of ether oxygens (including phenoxy) is 1. The number of hydrogen-bond acceptors (Lipinski definition) is 3. The third kappa shape index (κ3) is 9.29. The van der Waals surface area contributed by atoms with Gasteiger partial charge in [0.15, 0.2) is 0 Å². The molecule has 0 fully saturated rings. The maximum absolute atomic E-state index is 13.8. The fourth-order valence-electron chi connectivity index (χ4n) is 4.24. The molecule has 0 spiro atoms. The molecule has 2 N–H and O–H groups in total. The first-order chi connectivity index (χ1) is 17.9. The number of amides is 2. The standard InChI is InChI=1S/C32H41N2O3P/c1-31(2,3)28(34-30(36)37-32(4,5)6)29(35)33-25(22-24-16-10-7-11-17-24)23-38(26-18-12-8-13-19-26)27-20-14-9-15-21-27/h7-21,25,28H,22-23H2,1-6H3,(H,33,35)(H,34,36)/t25-,28-/m0/s1. The fraction of sp³-hybridized carbons (Fsp3) is 0.375. The van der Waals surface area contributed by atoms with E-state index in [1.165, 1.54) is 10.6 Å². The molecule has 6 heteroatoms. The first-order valence-corrected chi connectivity index (χ1v) is 14.7. The molecule has 5 nitrogen and oxygen atoms in total. The van der Waals surface area contributed by atoms with Crippen LogP contribution in [0.3, 0.4) is 0 Å². The summed E-state index contributed by atoms with van der Waals surface area (Å²) < 4.78 is 5.47. The molecule has 0 aliphatic heterocycles. The van der Waals surface area contributed by atoms with Gasteiger partial charge in [0.05, 0.1) is 0 Å². The minimum Gasteiger partial charge on any atom is -0.444 e. The van der Waals surface area contributed by atoms with Crippen LogP contribution >= 0.6 is 7.92 Å². The fourth-order valence-corrected chi connectivity index (χ4v) is 6.69. The summed E-state index contributed by atoms with van der Waals surface area (Å²) in [5, 5.41) is 8.68. The molecule has 0 radical (unpaired) electrons. The molecule has 0 bridgehead atoms. The van der Waals surface area contributed by atoms with Gasteiger partial charge in [-0.25, -0.2) is 4.79 Å². The molecule has 0 aliphatic carbocycles. The molecule has 202 valence electrons. The first-order valence-electron chi connectivity index (χ1n) is 13.1. The number of nitrogens with one attached hydrogen (secondary N) is 2. The van der Waals surface area contributed by atoms with Crippen LogP contribution in [0.25, 0.3) is 0 Å². The molecule has 2 atom stereocenters. The molecule has 0 saturated heterocycles. The molecular weight excluding hydrogens is 491 g/mol. The highest BCUT2D eigenvalue weighted by molar-refractivity contribution is 7.73. The van der Waals surface area contributed by atoms with Crippen LogP contribution < -0.4 is 21.2 Å². The van der Waals surface area contributed by atoms with E-state index in [9.17, 15) is 9.59 Å². The number of benzene rings is 3. The van der Waals surface area contributed by atoms with Crippen molar-refractivity contribution in [1.29, 1.82) is 0 Å². The van der Waals surface area contributed by atoms with E-state index in [4.69, 9.17) is 4.74 Å². The molecule has 0 unspecified atom stereocenters. The molecule has 0 aromatic heterocycles. The minimum absolute atomic E-state index is 0.137. The van der Waals surface area contributed by atoms with Crippen LogP contribution in [0.15, 0.2) is 91.0 Å². The Labute approximate surface area is 229 Å². The Morgan fingerprint density at radius 1 is 0.737 bits per heavy atom. The van der Waals surface area contributed by atoms with Crippen LogP contribution in [0, 0.1) is 5.41 Å². The van der Waals surface area contributed by atoms with Crippen molar-refractivity contribution in [3.63, 3.8) is 0 Å². The summed E-state index contributed by atoms with van der Waals surface area (Å²) in [5.41, 5.74) is -0.0108. The topological polar surface area (TPSA) is 67.4 Å². The summed E-state index contributed by atoms with van der Waals surface area (Å²) in [7, 11) is -0.726. The largest absolute Gasteiger partial charge is 0.444 e. The number of carbonyl (C=O) groups excluding carboxylic acids is 2. The van der Waals surface area contributed by atoms with Crippen LogP contribution in [-0.2, 0) is 16.0 Å². The van der Waals surface area contributed by atoms with Crippen molar-refractivity contribution in [1.82, 2.24) is 10.6 Å². The van der Waals surface area contributed by atoms with Gasteiger partial charge in [0.25, 0.3) is 0 Å². The van der Waals surface area contributed by atoms with Gasteiger partial charge in [-0.1, -0.05) is 112 Å². The van der Waals surface area contributed by atoms with Gasteiger partial charge in [-0.05, 0) is 62.9 Å². The van der Waals surface area contributed by atoms with E-state index in [1.54, 1.807) is 0 Å². The van der Waals surface area contributed by atoms with Gasteiger partial charge in [0.2, 0.25) is 5.91 Å². The van der Waals surface area contributed by atoms with Gasteiger partial charge in [0, 0.05) is 6.04 Å². The van der Waals surface area contributed by atoms with Gasteiger partial charge in [-0.3, -0.25) is 4.79 Å². The lowest BCUT2D eigenvalue weighted by Gasteiger charge is -2.33. The van der Waals surface area contributed by atoms with E-state index in [-0.39, 0.29) is 11.9 Å². The van der Waals surface area contributed by atoms with E-state index in [1.807, 2.05) is 71.9 Å². The summed E-state index contributed by atoms with van der Waals surface area (Å²) in [6.45, 7) is 11.3. The molecule has 2 amide bonds. The second-order valence-electron chi connectivity index (χ2n) is 11.6. The van der Waals surface area contributed by atoms with Crippen molar-refractivity contribution >= 4 is 30.5 Å². The molecule has 38 heavy (non-hydrogen) atoms. The van der Waals surface area contributed by atoms with Crippen molar-refractivity contribution in [2.24, 2.45) is 5.41 Å². The average Bonchev–Trinajstić information content (AvgIpc) is 2.85. The number of carbonyl (C=O) groups is 2. The van der Waals surface area contributed by atoms with Crippen molar-refractivity contribution in [3.05, 3.63) is 96.6 Å². The van der Waals surface area contributed by atoms with Gasteiger partial charge in [-0.2, -0.15) is 0 Å². The zero-order valence-corrected chi connectivity index (χ0v) is 24.3. The molecule has 0 aliphatic rings. The lowest BCUT2D eigenvalue weighted by Crippen LogP contribution is -2.57. The highest BCUT2D eigenvalue weighted by Gasteiger charge is 2.35. The minimum atomic E-state index is -0.754. The van der Waals surface area contributed by atoms with Gasteiger partial charge < -0.3 is 15.4 Å². The van der Waals surface area contributed by atoms with Gasteiger partial charge >= 0.3 is 6.09 Å². The normalized spacial score (nSPS) is 13.4. The van der Waals surface area contributed by atoms with E-state index in [0.29, 0.717) is 6.42 Å². The summed E-state index contributed by atoms with van der Waals surface area (Å²) in [5.74, 6) is -0.208. The highest BCUT2D eigenvalue weighted by atomic mass is 31.1. The third-order valence-corrected chi connectivity index (χ3v) is 8.65. The Balaban J connectivity index is 1.90. The Bertz CT molecular complexity index is 1120. The maximum Gasteiger partial charge on any atom is 0.408 e. The maximum atomic E-state index is 13.8. The van der Waals surface area contributed by atoms with Crippen molar-refractivity contribution < 1.29 is 14.3 Å². The molecule has 0 heterocycles. The lowest BCUT2D eigenvalue weighted by atomic mass is 9.86. The van der Waals surface area contributed by atoms with Crippen LogP contribution in [0.5, 0.6) is 0 Å². The Kier molecular flexibility index (Phi) is 10.1. The third-order valence-electron chi connectivity index (χ3n) is 6.00. The number of hydrogen-bond donors (Lipinski definition) is 2. The second kappa shape index (κ2) is 13.1. The predicted octanol–water partition coefficient (Wildman–Crippen LogP) is 5.79. The number of rotatable bonds is 9. The van der Waals surface area contributed by atoms with Crippen LogP contribution in [0.1, 0.15) is 47.1 Å². The van der Waals surface area contributed by atoms with Crippen molar-refractivity contribution in [3.8, 4) is 0 Å². The Morgan fingerprint density at radius 3 is 1.66 bits per heavy atom. The van der Waals surface area contributed by atoms with Crippen molar-refractivity contribution in [2.45, 2.75) is 65.6 Å². The van der Waals surface area contributed by atoms with Gasteiger partial charge in [-0.15, -0.1) is 0 Å². The summed E-state index contributed by atoms with van der Waals surface area (Å²) >= 11 is 0. The second-order valence-corrected chi connectivity index (χ2v) is 13.9. The molecular formula is C32H41N2O3P. The van der Waals surface area contributed by atoms with E-state index < -0.39 is 31.1 Å². The summed E-state index contributed by atoms with van der Waals surface area (Å²) in [4.78, 5) is 26.4. The van der Waals surface area contributed by atoms with Crippen LogP contribution in [0.2, 0.25) is 0 Å². The zero-order chi connectivity index (χ0) is 27.8. The predicted molar refractivity (Wildman–Crippen MR) is 159 cm³/mol. The van der Waals surface area contributed by atoms with Crippen LogP contribution in [-0.4, -0.2) is 35.8 Å². The quantitative estimate of drug-likeness (QED) is 0.343. The van der Waals surface area contributed by atoms with E-state index in [0.717, 1.165) is 11.7 Å². The lowest BCUT2D eigenvalue weighted by molar-refractivity contribution is -0.126. The highest BCUT2D eigenvalue weighted by Crippen LogP contribution is 2.35. The van der Waals surface area contributed by atoms with Gasteiger partial charge in [0.1, 0.15) is 11.6 Å². The van der Waals surface area contributed by atoms with E-state index >= 15 is 0 Å². The summed E-state index contributed by atoms with van der Waals surface area (Å²) in [6, 6.07) is 30.3. The molecule has 3 rings (SSSR count). The molecule has 0 saturated carbocycles. The smallest absolute Gasteiger partial charge is 0.408 e. The molecule has 3 aromatic rings. The van der Waals surface area contributed by atoms with Crippen LogP contribution in [0.4, 0.5) is 4.79 Å². The Morgan fingerprint density at radius 2 is 1.21 bits per heavy atom. The zero-order valence-electron chi connectivity index (χ0n) is 23.4. The monoisotopic (exact) mass is 532 g/mol. The Hall–Kier alpha value is -3.17. The van der Waals surface area contributed by atoms with E-state index in [2.05, 4.69) is 71.3 Å². The average molecular weight is 533 g/mol. The van der Waals surface area contributed by atoms with Crippen molar-refractivity contribution in [2.75, 3.05) is 6.16 Å². The number of alkyl carbamates (subject to hydrolysis) is 1. The SMILES string of the molecule is CC(C)(C)OC(=O)N[C@@H](C(=O)N[C@@H](Cc1ccccc1)CP(c1ccccc1)c1ccccc1)C(C)(C)C.